The lowest BCUT2D eigenvalue weighted by Crippen LogP contribution is -2.30. The summed E-state index contributed by atoms with van der Waals surface area (Å²) < 4.78 is 15.8. The number of hydrogen-bond acceptors (Lipinski definition) is 3. The van der Waals surface area contributed by atoms with Gasteiger partial charge in [0.2, 0.25) is 0 Å². The second-order valence-corrected chi connectivity index (χ2v) is 7.37. The first-order valence-electron chi connectivity index (χ1n) is 6.01. The highest BCUT2D eigenvalue weighted by atomic mass is 79.9. The predicted molar refractivity (Wildman–Crippen MR) is 94.0 cm³/mol. The van der Waals surface area contributed by atoms with Crippen LogP contribution in [0.15, 0.2) is 50.2 Å². The zero-order chi connectivity index (χ0) is 15.4. The summed E-state index contributed by atoms with van der Waals surface area (Å²) in [7, 11) is 0. The average Bonchev–Trinajstić information content (AvgIpc) is 2.49. The summed E-state index contributed by atoms with van der Waals surface area (Å²) in [5, 5.41) is 0.0682. The zero-order valence-electron chi connectivity index (χ0n) is 10.7. The topological polar surface area (TPSA) is 38.0 Å². The van der Waals surface area contributed by atoms with E-state index >= 15 is 0 Å². The number of hydrazine groups is 1. The first kappa shape index (κ1) is 17.2. The van der Waals surface area contributed by atoms with E-state index in [1.54, 1.807) is 23.9 Å². The molecule has 0 amide bonds. The predicted octanol–water partition coefficient (Wildman–Crippen LogP) is 5.30. The van der Waals surface area contributed by atoms with E-state index in [0.29, 0.717) is 15.8 Å². The van der Waals surface area contributed by atoms with Crippen molar-refractivity contribution >= 4 is 55.2 Å². The van der Waals surface area contributed by atoms with Crippen molar-refractivity contribution in [3.8, 4) is 0 Å². The van der Waals surface area contributed by atoms with Gasteiger partial charge in [0.25, 0.3) is 0 Å². The molecule has 0 aromatic heterocycles. The molecule has 0 spiro atoms. The second kappa shape index (κ2) is 7.94. The Morgan fingerprint density at radius 2 is 1.90 bits per heavy atom. The third kappa shape index (κ3) is 4.21. The Morgan fingerprint density at radius 1 is 1.19 bits per heavy atom. The number of nitrogens with two attached hydrogens (primary N) is 1. The Kier molecular flexibility index (Phi) is 6.52. The lowest BCUT2D eigenvalue weighted by atomic mass is 10.1. The first-order valence-corrected chi connectivity index (χ1v) is 8.96. The van der Waals surface area contributed by atoms with E-state index in [1.807, 2.05) is 24.3 Å². The fourth-order valence-electron chi connectivity index (χ4n) is 1.77. The summed E-state index contributed by atoms with van der Waals surface area (Å²) in [6, 6.07) is 10.9. The van der Waals surface area contributed by atoms with Gasteiger partial charge in [0.05, 0.1) is 11.1 Å². The van der Waals surface area contributed by atoms with Crippen molar-refractivity contribution in [3.63, 3.8) is 0 Å². The number of nitrogens with one attached hydrogen (secondary N) is 1. The second-order valence-electron chi connectivity index (χ2n) is 4.23. The van der Waals surface area contributed by atoms with Crippen LogP contribution in [0, 0.1) is 5.82 Å². The SMILES string of the molecule is NNC(CSc1ccccc1Br)c1ccc(Br)c(Cl)c1F. The maximum atomic E-state index is 14.2. The maximum Gasteiger partial charge on any atom is 0.147 e. The molecule has 1 unspecified atom stereocenters. The van der Waals surface area contributed by atoms with Gasteiger partial charge in [0.1, 0.15) is 5.82 Å². The molecule has 0 saturated heterocycles. The molecule has 21 heavy (non-hydrogen) atoms. The Balaban J connectivity index is 2.18. The molecule has 2 aromatic carbocycles. The molecule has 0 aliphatic carbocycles. The summed E-state index contributed by atoms with van der Waals surface area (Å²) in [5.41, 5.74) is 3.09. The fraction of sp³-hybridized carbons (Fsp3) is 0.143. The molecule has 3 N–H and O–H groups in total. The van der Waals surface area contributed by atoms with Crippen LogP contribution in [-0.4, -0.2) is 5.75 Å². The zero-order valence-corrected chi connectivity index (χ0v) is 15.5. The van der Waals surface area contributed by atoms with Crippen molar-refractivity contribution in [2.24, 2.45) is 5.84 Å². The monoisotopic (exact) mass is 452 g/mol. The molecule has 1 atom stereocenters. The van der Waals surface area contributed by atoms with Crippen LogP contribution in [0.2, 0.25) is 5.02 Å². The molecule has 2 aromatic rings. The average molecular weight is 455 g/mol. The van der Waals surface area contributed by atoms with E-state index in [9.17, 15) is 4.39 Å². The van der Waals surface area contributed by atoms with E-state index in [4.69, 9.17) is 17.4 Å². The van der Waals surface area contributed by atoms with Crippen molar-refractivity contribution in [2.45, 2.75) is 10.9 Å². The van der Waals surface area contributed by atoms with Crippen LogP contribution in [0.25, 0.3) is 0 Å². The molecule has 2 nitrogen and oxygen atoms in total. The Morgan fingerprint density at radius 3 is 2.57 bits per heavy atom. The van der Waals surface area contributed by atoms with Gasteiger partial charge >= 0.3 is 0 Å². The van der Waals surface area contributed by atoms with E-state index in [0.717, 1.165) is 9.37 Å². The van der Waals surface area contributed by atoms with Crippen molar-refractivity contribution in [2.75, 3.05) is 5.75 Å². The van der Waals surface area contributed by atoms with Gasteiger partial charge in [-0.3, -0.25) is 11.3 Å². The van der Waals surface area contributed by atoms with E-state index in [-0.39, 0.29) is 11.1 Å². The molecule has 0 fully saturated rings. The van der Waals surface area contributed by atoms with Gasteiger partial charge in [-0.2, -0.15) is 0 Å². The number of hydrogen-bond donors (Lipinski definition) is 2. The van der Waals surface area contributed by atoms with Crippen LogP contribution in [-0.2, 0) is 0 Å². The third-order valence-corrected chi connectivity index (χ3v) is 6.26. The van der Waals surface area contributed by atoms with Crippen molar-refractivity contribution in [3.05, 3.63) is 61.7 Å². The molecule has 0 radical (unpaired) electrons. The summed E-state index contributed by atoms with van der Waals surface area (Å²) >= 11 is 14.2. The molecule has 112 valence electrons. The maximum absolute atomic E-state index is 14.2. The largest absolute Gasteiger partial charge is 0.271 e. The Hall–Kier alpha value is -0.110. The Labute approximate surface area is 148 Å². The van der Waals surface area contributed by atoms with Crippen LogP contribution < -0.4 is 11.3 Å². The fourth-order valence-corrected chi connectivity index (χ4v) is 3.88. The molecule has 7 heteroatoms. The van der Waals surface area contributed by atoms with E-state index in [1.165, 1.54) is 0 Å². The quantitative estimate of drug-likeness (QED) is 0.279. The van der Waals surface area contributed by atoms with Crippen LogP contribution in [0.4, 0.5) is 4.39 Å². The molecule has 0 heterocycles. The van der Waals surface area contributed by atoms with Crippen molar-refractivity contribution in [1.82, 2.24) is 5.43 Å². The highest BCUT2D eigenvalue weighted by Crippen LogP contribution is 2.34. The van der Waals surface area contributed by atoms with Gasteiger partial charge in [0.15, 0.2) is 0 Å². The summed E-state index contributed by atoms with van der Waals surface area (Å²) in [5.74, 6) is 5.69. The summed E-state index contributed by atoms with van der Waals surface area (Å²) in [4.78, 5) is 1.07. The van der Waals surface area contributed by atoms with Crippen LogP contribution >= 0.6 is 55.2 Å². The number of rotatable bonds is 5. The first-order chi connectivity index (χ1) is 10.0. The number of benzene rings is 2. The highest BCUT2D eigenvalue weighted by Gasteiger charge is 2.18. The smallest absolute Gasteiger partial charge is 0.147 e. The minimum absolute atomic E-state index is 0.0682. The minimum Gasteiger partial charge on any atom is -0.271 e. The van der Waals surface area contributed by atoms with Crippen LogP contribution in [0.3, 0.4) is 0 Å². The molecule has 0 aliphatic heterocycles. The van der Waals surface area contributed by atoms with Crippen LogP contribution in [0.5, 0.6) is 0 Å². The molecule has 2 rings (SSSR count). The molecular formula is C14H12Br2ClFN2S. The minimum atomic E-state index is -0.457. The molecule has 0 saturated carbocycles. The lowest BCUT2D eigenvalue weighted by Gasteiger charge is -2.18. The lowest BCUT2D eigenvalue weighted by molar-refractivity contribution is 0.546. The van der Waals surface area contributed by atoms with E-state index in [2.05, 4.69) is 37.3 Å². The van der Waals surface area contributed by atoms with E-state index < -0.39 is 5.82 Å². The summed E-state index contributed by atoms with van der Waals surface area (Å²) in [6.45, 7) is 0. The van der Waals surface area contributed by atoms with Gasteiger partial charge in [-0.15, -0.1) is 11.8 Å². The van der Waals surface area contributed by atoms with Crippen LogP contribution in [0.1, 0.15) is 11.6 Å². The van der Waals surface area contributed by atoms with Crippen molar-refractivity contribution in [1.29, 1.82) is 0 Å². The number of thioether (sulfide) groups is 1. The van der Waals surface area contributed by atoms with Gasteiger partial charge in [-0.1, -0.05) is 29.8 Å². The number of halogens is 4. The van der Waals surface area contributed by atoms with Crippen molar-refractivity contribution < 1.29 is 4.39 Å². The molecule has 0 bridgehead atoms. The van der Waals surface area contributed by atoms with Gasteiger partial charge in [-0.05, 0) is 50.1 Å². The molecular weight excluding hydrogens is 442 g/mol. The highest BCUT2D eigenvalue weighted by molar-refractivity contribution is 9.10. The normalized spacial score (nSPS) is 12.4. The molecule has 0 aliphatic rings. The van der Waals surface area contributed by atoms with Gasteiger partial charge < -0.3 is 0 Å². The van der Waals surface area contributed by atoms with Gasteiger partial charge in [-0.25, -0.2) is 4.39 Å². The van der Waals surface area contributed by atoms with Gasteiger partial charge in [0, 0.05) is 25.2 Å². The Bertz CT molecular complexity index is 642. The standard InChI is InChI=1S/C14H12Br2ClFN2S/c15-9-3-1-2-4-12(9)21-7-11(20-19)8-5-6-10(16)13(17)14(8)18/h1-6,11,20H,7,19H2. The summed E-state index contributed by atoms with van der Waals surface area (Å²) in [6.07, 6.45) is 0. The third-order valence-electron chi connectivity index (χ3n) is 2.88.